The molecule has 0 aliphatic carbocycles. The number of ether oxygens (including phenoxy) is 4. The third kappa shape index (κ3) is 5.73. The van der Waals surface area contributed by atoms with Crippen LogP contribution in [0.1, 0.15) is 29.1 Å². The van der Waals surface area contributed by atoms with Crippen molar-refractivity contribution in [2.24, 2.45) is 0 Å². The minimum absolute atomic E-state index is 0.355. The lowest BCUT2D eigenvalue weighted by Gasteiger charge is -2.23. The summed E-state index contributed by atoms with van der Waals surface area (Å²) in [5.41, 5.74) is 2.17. The zero-order chi connectivity index (χ0) is 28.9. The van der Waals surface area contributed by atoms with Crippen LogP contribution >= 0.6 is 0 Å². The molecule has 4 N–H and O–H groups in total. The highest BCUT2D eigenvalue weighted by Crippen LogP contribution is 2.33. The molecule has 13 nitrogen and oxygen atoms in total. The number of benzene rings is 2. The maximum Gasteiger partial charge on any atom is 0.251 e. The Kier molecular flexibility index (Phi) is 8.47. The van der Waals surface area contributed by atoms with E-state index in [9.17, 15) is 15.0 Å². The predicted molar refractivity (Wildman–Crippen MR) is 148 cm³/mol. The Morgan fingerprint density at radius 1 is 1.10 bits per heavy atom. The van der Waals surface area contributed by atoms with Gasteiger partial charge >= 0.3 is 0 Å². The van der Waals surface area contributed by atoms with E-state index in [4.69, 9.17) is 18.9 Å². The van der Waals surface area contributed by atoms with Crippen LogP contribution in [0.15, 0.2) is 55.1 Å². The molecule has 1 aliphatic heterocycles. The molecule has 1 fully saturated rings. The summed E-state index contributed by atoms with van der Waals surface area (Å²) < 4.78 is 23.8. The van der Waals surface area contributed by atoms with E-state index in [0.717, 1.165) is 5.56 Å². The number of amides is 1. The van der Waals surface area contributed by atoms with Crippen LogP contribution in [0.25, 0.3) is 11.2 Å². The van der Waals surface area contributed by atoms with Crippen LogP contribution in [-0.2, 0) is 11.3 Å². The van der Waals surface area contributed by atoms with Gasteiger partial charge in [0.1, 0.15) is 30.3 Å². The zero-order valence-electron chi connectivity index (χ0n) is 22.9. The van der Waals surface area contributed by atoms with E-state index in [1.165, 1.54) is 12.7 Å². The fourth-order valence-corrected chi connectivity index (χ4v) is 4.76. The van der Waals surface area contributed by atoms with Gasteiger partial charge in [0, 0.05) is 12.1 Å². The number of fused-ring (bicyclic) bond motifs is 1. The molecule has 2 aromatic carbocycles. The lowest BCUT2D eigenvalue weighted by Crippen LogP contribution is -2.46. The van der Waals surface area contributed by atoms with Gasteiger partial charge in [0.2, 0.25) is 0 Å². The Morgan fingerprint density at radius 2 is 1.93 bits per heavy atom. The number of hydrogen-bond donors (Lipinski definition) is 4. The van der Waals surface area contributed by atoms with Crippen LogP contribution in [0.2, 0.25) is 0 Å². The fraction of sp³-hybridized carbons (Fsp3) is 0.357. The first-order valence-corrected chi connectivity index (χ1v) is 13.1. The maximum atomic E-state index is 13.2. The Morgan fingerprint density at radius 3 is 2.68 bits per heavy atom. The molecule has 4 aromatic rings. The number of nitrogens with zero attached hydrogens (tertiary/aromatic N) is 4. The van der Waals surface area contributed by atoms with Crippen LogP contribution in [0, 0.1) is 0 Å². The van der Waals surface area contributed by atoms with E-state index in [0.29, 0.717) is 52.9 Å². The summed E-state index contributed by atoms with van der Waals surface area (Å²) in [6.07, 6.45) is -0.126. The van der Waals surface area contributed by atoms with Crippen molar-refractivity contribution in [1.82, 2.24) is 24.8 Å². The molecule has 0 saturated carbocycles. The Labute approximate surface area is 236 Å². The monoisotopic (exact) mass is 564 g/mol. The van der Waals surface area contributed by atoms with Gasteiger partial charge in [0.15, 0.2) is 34.7 Å². The van der Waals surface area contributed by atoms with Gasteiger partial charge in [-0.3, -0.25) is 9.36 Å². The van der Waals surface area contributed by atoms with Gasteiger partial charge in [0.25, 0.3) is 5.91 Å². The summed E-state index contributed by atoms with van der Waals surface area (Å²) in [7, 11) is 3.15. The first-order chi connectivity index (χ1) is 20.0. The lowest BCUT2D eigenvalue weighted by atomic mass is 10.1. The van der Waals surface area contributed by atoms with Gasteiger partial charge in [-0.15, -0.1) is 0 Å². The average molecular weight is 565 g/mol. The highest BCUT2D eigenvalue weighted by Gasteiger charge is 2.46. The molecule has 13 heteroatoms. The number of aliphatic hydroxyl groups is 2. The number of carbonyl (C=O) groups is 1. The Balaban J connectivity index is 1.39. The molecule has 0 bridgehead atoms. The molecule has 41 heavy (non-hydrogen) atoms. The number of nitrogens with one attached hydrogen (secondary N) is 2. The summed E-state index contributed by atoms with van der Waals surface area (Å²) in [6.45, 7) is 2.30. The van der Waals surface area contributed by atoms with Crippen molar-refractivity contribution in [3.05, 3.63) is 66.2 Å². The molecule has 4 atom stereocenters. The lowest BCUT2D eigenvalue weighted by molar-refractivity contribution is -0.0440. The normalized spacial score (nSPS) is 20.1. The van der Waals surface area contributed by atoms with Gasteiger partial charge in [0.05, 0.1) is 33.8 Å². The number of methoxy groups -OCH3 is 2. The van der Waals surface area contributed by atoms with Crippen molar-refractivity contribution in [3.63, 3.8) is 0 Å². The van der Waals surface area contributed by atoms with E-state index in [1.807, 2.05) is 25.1 Å². The zero-order valence-corrected chi connectivity index (χ0v) is 22.9. The van der Waals surface area contributed by atoms with Gasteiger partial charge in [-0.05, 0) is 42.8 Å². The summed E-state index contributed by atoms with van der Waals surface area (Å²) in [5.74, 6) is 1.84. The topological polar surface area (TPSA) is 162 Å². The summed E-state index contributed by atoms with van der Waals surface area (Å²) >= 11 is 0. The molecular weight excluding hydrogens is 532 g/mol. The van der Waals surface area contributed by atoms with Crippen molar-refractivity contribution < 1.29 is 34.0 Å². The second-order valence-corrected chi connectivity index (χ2v) is 9.29. The number of carbonyl (C=O) groups excluding carboxylic acids is 1. The molecule has 0 radical (unpaired) electrons. The maximum absolute atomic E-state index is 13.2. The number of hydrogen-bond acceptors (Lipinski definition) is 11. The molecular formula is C28H32N6O7. The third-order valence-electron chi connectivity index (χ3n) is 6.80. The van der Waals surface area contributed by atoms with Gasteiger partial charge in [-0.1, -0.05) is 12.1 Å². The van der Waals surface area contributed by atoms with Crippen molar-refractivity contribution in [3.8, 4) is 17.2 Å². The van der Waals surface area contributed by atoms with Crippen LogP contribution in [-0.4, -0.2) is 81.3 Å². The summed E-state index contributed by atoms with van der Waals surface area (Å²) in [4.78, 5) is 26.4. The molecule has 1 amide bonds. The molecule has 1 saturated heterocycles. The van der Waals surface area contributed by atoms with Gasteiger partial charge in [-0.25, -0.2) is 15.0 Å². The molecule has 1 aliphatic rings. The van der Waals surface area contributed by atoms with E-state index in [-0.39, 0.29) is 0 Å². The van der Waals surface area contributed by atoms with E-state index in [2.05, 4.69) is 25.6 Å². The Bertz CT molecular complexity index is 1510. The quantitative estimate of drug-likeness (QED) is 0.210. The highest BCUT2D eigenvalue weighted by atomic mass is 16.5. The molecule has 0 spiro atoms. The highest BCUT2D eigenvalue weighted by molar-refractivity contribution is 5.95. The van der Waals surface area contributed by atoms with Gasteiger partial charge in [-0.2, -0.15) is 0 Å². The largest absolute Gasteiger partial charge is 0.494 e. The van der Waals surface area contributed by atoms with Crippen LogP contribution in [0.3, 0.4) is 0 Å². The molecule has 5 rings (SSSR count). The van der Waals surface area contributed by atoms with Crippen molar-refractivity contribution >= 4 is 22.9 Å². The van der Waals surface area contributed by atoms with Crippen LogP contribution in [0.4, 0.5) is 5.82 Å². The van der Waals surface area contributed by atoms with Crippen molar-refractivity contribution in [2.45, 2.75) is 37.9 Å². The van der Waals surface area contributed by atoms with Crippen LogP contribution in [0.5, 0.6) is 17.2 Å². The predicted octanol–water partition coefficient (Wildman–Crippen LogP) is 1.90. The molecule has 216 valence electrons. The third-order valence-corrected chi connectivity index (χ3v) is 6.80. The second kappa shape index (κ2) is 12.4. The van der Waals surface area contributed by atoms with Crippen molar-refractivity contribution in [2.75, 3.05) is 32.8 Å². The summed E-state index contributed by atoms with van der Waals surface area (Å²) in [5, 5.41) is 26.9. The number of aliphatic hydroxyl groups excluding tert-OH is 2. The minimum atomic E-state index is -1.19. The fourth-order valence-electron chi connectivity index (χ4n) is 4.76. The SMILES string of the molecule is CCOc1cccc(C(=O)N[C@@H]2[C@H](O)[C@@H](CO)O[C@H]2n2cnc3c(NCc4ccc(OC)c(OC)c4)ncnc32)c1. The second-order valence-electron chi connectivity index (χ2n) is 9.29. The Hall–Kier alpha value is -4.46. The summed E-state index contributed by atoms with van der Waals surface area (Å²) in [6, 6.07) is 11.4. The van der Waals surface area contributed by atoms with Crippen LogP contribution < -0.4 is 24.8 Å². The van der Waals surface area contributed by atoms with E-state index < -0.39 is 37.0 Å². The minimum Gasteiger partial charge on any atom is -0.494 e. The number of rotatable bonds is 11. The first kappa shape index (κ1) is 28.1. The number of aromatic nitrogens is 4. The standard InChI is InChI=1S/C28H32N6O7/c1-4-40-18-7-5-6-17(11-18)27(37)33-22-24(36)21(13-35)41-28(22)34-15-32-23-25(30-14-31-26(23)34)29-12-16-8-9-19(38-2)20(10-16)39-3/h5-11,14-15,21-22,24,28,35-36H,4,12-13H2,1-3H3,(H,33,37)(H,29,30,31)/t21-,22-,24-,28-/m1/s1. The van der Waals surface area contributed by atoms with Gasteiger partial charge < -0.3 is 39.8 Å². The number of anilines is 1. The molecule has 0 unspecified atom stereocenters. The van der Waals surface area contributed by atoms with Crippen molar-refractivity contribution in [1.29, 1.82) is 0 Å². The molecule has 3 heterocycles. The average Bonchev–Trinajstić information content (AvgIpc) is 3.57. The van der Waals surface area contributed by atoms with E-state index in [1.54, 1.807) is 43.1 Å². The smallest absolute Gasteiger partial charge is 0.251 e. The molecule has 2 aromatic heterocycles. The first-order valence-electron chi connectivity index (χ1n) is 13.1. The number of imidazole rings is 1. The van der Waals surface area contributed by atoms with E-state index >= 15 is 0 Å².